The average molecular weight is 306 g/mol. The first-order valence-corrected chi connectivity index (χ1v) is 8.44. The summed E-state index contributed by atoms with van der Waals surface area (Å²) in [5.74, 6) is 0. The Morgan fingerprint density at radius 3 is 2.45 bits per heavy atom. The van der Waals surface area contributed by atoms with Gasteiger partial charge in [0.25, 0.3) is 0 Å². The molecule has 2 rings (SSSR count). The van der Waals surface area contributed by atoms with Crippen molar-refractivity contribution in [2.75, 3.05) is 14.2 Å². The van der Waals surface area contributed by atoms with Crippen molar-refractivity contribution < 1.29 is 13.6 Å². The molecule has 0 amide bonds. The fourth-order valence-corrected chi connectivity index (χ4v) is 3.50. The molecule has 0 saturated carbocycles. The highest BCUT2D eigenvalue weighted by Crippen LogP contribution is 2.58. The number of hydrogen-bond donors (Lipinski definition) is 0. The van der Waals surface area contributed by atoms with Crippen molar-refractivity contribution in [3.63, 3.8) is 0 Å². The molecule has 3 nitrogen and oxygen atoms in total. The summed E-state index contributed by atoms with van der Waals surface area (Å²) < 4.78 is 22.8. The molecule has 0 radical (unpaired) electrons. The smallest absolute Gasteiger partial charge is 0.308 e. The highest BCUT2D eigenvalue weighted by Gasteiger charge is 2.28. The van der Waals surface area contributed by atoms with Crippen molar-refractivity contribution in [2.45, 2.75) is 0 Å². The van der Waals surface area contributed by atoms with Crippen molar-refractivity contribution in [3.8, 4) is 0 Å². The maximum Gasteiger partial charge on any atom is 0.369 e. The zero-order valence-corrected chi connectivity index (χ0v) is 13.0. The van der Waals surface area contributed by atoms with Crippen LogP contribution in [0.15, 0.2) is 52.9 Å². The third-order valence-electron chi connectivity index (χ3n) is 2.72. The highest BCUT2D eigenvalue weighted by molar-refractivity contribution is 7.65. The van der Waals surface area contributed by atoms with Crippen LogP contribution in [0.3, 0.4) is 0 Å². The van der Waals surface area contributed by atoms with E-state index in [4.69, 9.17) is 9.05 Å². The van der Waals surface area contributed by atoms with Crippen molar-refractivity contribution in [3.05, 3.63) is 64.0 Å². The standard InChI is InChI=1S/C15H15O3PS/c1-17-19(16,18-2)15(14-6-4-3-5-7-14)9-8-13-10-11-20-12-13/h3-8,10-12H,1-2H3. The summed E-state index contributed by atoms with van der Waals surface area (Å²) in [5.41, 5.74) is 4.84. The van der Waals surface area contributed by atoms with Gasteiger partial charge in [-0.05, 0) is 34.0 Å². The summed E-state index contributed by atoms with van der Waals surface area (Å²) >= 11 is 1.59. The molecule has 1 aromatic carbocycles. The van der Waals surface area contributed by atoms with Crippen molar-refractivity contribution in [1.82, 2.24) is 0 Å². The third kappa shape index (κ3) is 3.37. The Morgan fingerprint density at radius 1 is 1.20 bits per heavy atom. The summed E-state index contributed by atoms with van der Waals surface area (Å²) in [5, 5.41) is 4.39. The Morgan fingerprint density at radius 2 is 1.90 bits per heavy atom. The van der Waals surface area contributed by atoms with Crippen LogP contribution in [0, 0.1) is 0 Å². The minimum absolute atomic E-state index is 0.425. The molecule has 0 unspecified atom stereocenters. The van der Waals surface area contributed by atoms with Crippen LogP contribution < -0.4 is 0 Å². The van der Waals surface area contributed by atoms with E-state index in [-0.39, 0.29) is 0 Å². The first-order valence-electron chi connectivity index (χ1n) is 5.96. The van der Waals surface area contributed by atoms with Crippen LogP contribution in [-0.4, -0.2) is 14.2 Å². The average Bonchev–Trinajstić information content (AvgIpc) is 3.01. The van der Waals surface area contributed by atoms with Crippen LogP contribution in [0.25, 0.3) is 11.4 Å². The minimum atomic E-state index is -3.35. The molecule has 1 aromatic heterocycles. The summed E-state index contributed by atoms with van der Waals surface area (Å²) in [4.78, 5) is 0. The van der Waals surface area contributed by atoms with Gasteiger partial charge in [0, 0.05) is 14.2 Å². The van der Waals surface area contributed by atoms with Gasteiger partial charge in [-0.3, -0.25) is 4.57 Å². The molecular weight excluding hydrogens is 291 g/mol. The lowest BCUT2D eigenvalue weighted by Gasteiger charge is -2.15. The Kier molecular flexibility index (Phi) is 5.13. The Bertz CT molecular complexity index is 648. The number of benzene rings is 1. The largest absolute Gasteiger partial charge is 0.369 e. The van der Waals surface area contributed by atoms with Gasteiger partial charge < -0.3 is 9.05 Å². The van der Waals surface area contributed by atoms with Gasteiger partial charge in [0.05, 0.1) is 0 Å². The fourth-order valence-electron chi connectivity index (χ4n) is 1.68. The zero-order valence-electron chi connectivity index (χ0n) is 11.3. The van der Waals surface area contributed by atoms with Gasteiger partial charge in [-0.25, -0.2) is 0 Å². The van der Waals surface area contributed by atoms with E-state index in [1.54, 1.807) is 17.4 Å². The quantitative estimate of drug-likeness (QED) is 0.583. The molecule has 0 aliphatic heterocycles. The second-order valence-electron chi connectivity index (χ2n) is 3.92. The monoisotopic (exact) mass is 306 g/mol. The van der Waals surface area contributed by atoms with Crippen LogP contribution in [-0.2, 0) is 13.6 Å². The maximum absolute atomic E-state index is 12.6. The molecule has 2 aromatic rings. The third-order valence-corrected chi connectivity index (χ3v) is 5.32. The van der Waals surface area contributed by atoms with Gasteiger partial charge in [0.15, 0.2) is 0 Å². The van der Waals surface area contributed by atoms with Crippen LogP contribution in [0.1, 0.15) is 11.1 Å². The lowest BCUT2D eigenvalue weighted by atomic mass is 10.2. The predicted molar refractivity (Wildman–Crippen MR) is 83.8 cm³/mol. The molecular formula is C15H15O3PS. The Balaban J connectivity index is 2.56. The number of hydrogen-bond acceptors (Lipinski definition) is 4. The van der Waals surface area contributed by atoms with E-state index in [0.717, 1.165) is 11.1 Å². The molecule has 0 aliphatic carbocycles. The van der Waals surface area contributed by atoms with Gasteiger partial charge in [0.2, 0.25) is 0 Å². The fraction of sp³-hybridized carbons (Fsp3) is 0.133. The van der Waals surface area contributed by atoms with Crippen molar-refractivity contribution in [2.24, 2.45) is 0 Å². The lowest BCUT2D eigenvalue weighted by Crippen LogP contribution is -1.92. The predicted octanol–water partition coefficient (Wildman–Crippen LogP) is 4.89. The molecule has 0 aliphatic rings. The second kappa shape index (κ2) is 6.85. The number of thiophene rings is 1. The lowest BCUT2D eigenvalue weighted by molar-refractivity contribution is 0.288. The SMILES string of the molecule is COP(=O)(OC)C(=C=Cc1ccsc1)c1ccccc1. The zero-order chi connectivity index (χ0) is 14.4. The van der Waals surface area contributed by atoms with Crippen molar-refractivity contribution in [1.29, 1.82) is 0 Å². The van der Waals surface area contributed by atoms with Crippen LogP contribution in [0.5, 0.6) is 0 Å². The Labute approximate surface area is 122 Å². The van der Waals surface area contributed by atoms with E-state index in [1.807, 2.05) is 47.2 Å². The highest BCUT2D eigenvalue weighted by atomic mass is 32.1. The normalized spacial score (nSPS) is 10.9. The molecule has 20 heavy (non-hydrogen) atoms. The summed E-state index contributed by atoms with van der Waals surface area (Å²) in [6.45, 7) is 0. The molecule has 0 spiro atoms. The molecule has 0 atom stereocenters. The van der Waals surface area contributed by atoms with Gasteiger partial charge in [-0.1, -0.05) is 30.3 Å². The van der Waals surface area contributed by atoms with Gasteiger partial charge in [-0.2, -0.15) is 11.3 Å². The topological polar surface area (TPSA) is 35.5 Å². The molecule has 0 bridgehead atoms. The van der Waals surface area contributed by atoms with E-state index in [1.165, 1.54) is 14.2 Å². The molecule has 0 saturated heterocycles. The first kappa shape index (κ1) is 15.0. The van der Waals surface area contributed by atoms with Gasteiger partial charge in [0.1, 0.15) is 5.31 Å². The van der Waals surface area contributed by atoms with E-state index >= 15 is 0 Å². The maximum atomic E-state index is 12.6. The summed E-state index contributed by atoms with van der Waals surface area (Å²) in [6, 6.07) is 11.3. The van der Waals surface area contributed by atoms with E-state index in [2.05, 4.69) is 5.73 Å². The molecule has 104 valence electrons. The van der Waals surface area contributed by atoms with E-state index in [9.17, 15) is 4.57 Å². The summed E-state index contributed by atoms with van der Waals surface area (Å²) in [7, 11) is -0.605. The first-order chi connectivity index (χ1) is 9.69. The minimum Gasteiger partial charge on any atom is -0.308 e. The molecule has 1 heterocycles. The van der Waals surface area contributed by atoms with Crippen LogP contribution >= 0.6 is 18.9 Å². The molecule has 5 heteroatoms. The van der Waals surface area contributed by atoms with E-state index in [0.29, 0.717) is 5.31 Å². The van der Waals surface area contributed by atoms with Gasteiger partial charge >= 0.3 is 7.60 Å². The second-order valence-corrected chi connectivity index (χ2v) is 6.88. The van der Waals surface area contributed by atoms with Crippen LogP contribution in [0.2, 0.25) is 0 Å². The molecule has 0 fully saturated rings. The van der Waals surface area contributed by atoms with Gasteiger partial charge in [-0.15, -0.1) is 5.73 Å². The number of rotatable bonds is 5. The summed E-state index contributed by atoms with van der Waals surface area (Å²) in [6.07, 6.45) is 1.78. The Hall–Kier alpha value is -1.41. The van der Waals surface area contributed by atoms with Crippen molar-refractivity contribution >= 4 is 30.3 Å². The van der Waals surface area contributed by atoms with E-state index < -0.39 is 7.60 Å². The molecule has 0 N–H and O–H groups in total. The van der Waals surface area contributed by atoms with Crippen LogP contribution in [0.4, 0.5) is 0 Å².